The van der Waals surface area contributed by atoms with Gasteiger partial charge in [-0.15, -0.1) is 0 Å². The standard InChI is InChI=1S/C17H27N3O2/c1-3-9-18-16-7-5-15(6-8-16)12-19-17(21)20-10-4-11-22-14(2)13-20/h5-8,14,18H,3-4,9-13H2,1-2H3,(H,19,21)/t14-/m0/s1. The van der Waals surface area contributed by atoms with E-state index in [2.05, 4.69) is 29.7 Å². The van der Waals surface area contributed by atoms with Gasteiger partial charge in [0.1, 0.15) is 0 Å². The Bertz CT molecular complexity index is 461. The molecule has 1 aliphatic rings. The van der Waals surface area contributed by atoms with E-state index < -0.39 is 0 Å². The lowest BCUT2D eigenvalue weighted by Crippen LogP contribution is -2.42. The zero-order chi connectivity index (χ0) is 15.8. The minimum absolute atomic E-state index is 0.00876. The van der Waals surface area contributed by atoms with Crippen LogP contribution < -0.4 is 10.6 Å². The molecular formula is C17H27N3O2. The Balaban J connectivity index is 1.80. The average Bonchev–Trinajstić information content (AvgIpc) is 2.76. The first-order valence-corrected chi connectivity index (χ1v) is 8.16. The van der Waals surface area contributed by atoms with Crippen LogP contribution in [-0.4, -0.2) is 43.3 Å². The number of ether oxygens (including phenoxy) is 1. The van der Waals surface area contributed by atoms with Crippen LogP contribution in [0.15, 0.2) is 24.3 Å². The highest BCUT2D eigenvalue weighted by molar-refractivity contribution is 5.74. The number of rotatable bonds is 5. The lowest BCUT2D eigenvalue weighted by molar-refractivity contribution is 0.0710. The Morgan fingerprint density at radius 3 is 2.86 bits per heavy atom. The summed E-state index contributed by atoms with van der Waals surface area (Å²) in [5, 5.41) is 6.33. The molecule has 0 aromatic heterocycles. The molecule has 0 radical (unpaired) electrons. The zero-order valence-corrected chi connectivity index (χ0v) is 13.6. The van der Waals surface area contributed by atoms with Crippen LogP contribution in [0.3, 0.4) is 0 Å². The molecule has 1 aromatic rings. The molecule has 1 atom stereocenters. The van der Waals surface area contributed by atoms with Crippen molar-refractivity contribution in [3.8, 4) is 0 Å². The number of carbonyl (C=O) groups excluding carboxylic acids is 1. The molecule has 1 fully saturated rings. The van der Waals surface area contributed by atoms with Crippen molar-refractivity contribution in [2.45, 2.75) is 39.3 Å². The van der Waals surface area contributed by atoms with Gasteiger partial charge in [-0.25, -0.2) is 4.79 Å². The first-order valence-electron chi connectivity index (χ1n) is 8.16. The first-order chi connectivity index (χ1) is 10.7. The van der Waals surface area contributed by atoms with Crippen LogP contribution in [0, 0.1) is 0 Å². The molecule has 2 amide bonds. The summed E-state index contributed by atoms with van der Waals surface area (Å²) in [5.41, 5.74) is 2.23. The highest BCUT2D eigenvalue weighted by atomic mass is 16.5. The molecule has 5 heteroatoms. The fraction of sp³-hybridized carbons (Fsp3) is 0.588. The van der Waals surface area contributed by atoms with E-state index in [0.717, 1.165) is 43.8 Å². The third-order valence-electron chi connectivity index (χ3n) is 3.72. The minimum Gasteiger partial charge on any atom is -0.385 e. The number of benzene rings is 1. The summed E-state index contributed by atoms with van der Waals surface area (Å²) in [4.78, 5) is 14.1. The lowest BCUT2D eigenvalue weighted by Gasteiger charge is -2.22. The number of anilines is 1. The summed E-state index contributed by atoms with van der Waals surface area (Å²) in [6, 6.07) is 8.20. The van der Waals surface area contributed by atoms with E-state index in [1.165, 1.54) is 0 Å². The fourth-order valence-electron chi connectivity index (χ4n) is 2.48. The molecule has 2 N–H and O–H groups in total. The summed E-state index contributed by atoms with van der Waals surface area (Å²) < 4.78 is 5.56. The number of urea groups is 1. The predicted octanol–water partition coefficient (Wildman–Crippen LogP) is 2.83. The van der Waals surface area contributed by atoms with Gasteiger partial charge in [0.15, 0.2) is 0 Å². The molecule has 5 nitrogen and oxygen atoms in total. The molecule has 0 unspecified atom stereocenters. The molecular weight excluding hydrogens is 278 g/mol. The lowest BCUT2D eigenvalue weighted by atomic mass is 10.2. The van der Waals surface area contributed by atoms with Gasteiger partial charge in [0.2, 0.25) is 0 Å². The predicted molar refractivity (Wildman–Crippen MR) is 89.1 cm³/mol. The van der Waals surface area contributed by atoms with Crippen molar-refractivity contribution in [2.75, 3.05) is 31.6 Å². The van der Waals surface area contributed by atoms with Crippen molar-refractivity contribution >= 4 is 11.7 Å². The number of hydrogen-bond donors (Lipinski definition) is 2. The Hall–Kier alpha value is -1.75. The van der Waals surface area contributed by atoms with Gasteiger partial charge in [0.25, 0.3) is 0 Å². The first kappa shape index (κ1) is 16.6. The molecule has 1 saturated heterocycles. The van der Waals surface area contributed by atoms with Gasteiger partial charge < -0.3 is 20.3 Å². The van der Waals surface area contributed by atoms with Crippen molar-refractivity contribution in [2.24, 2.45) is 0 Å². The summed E-state index contributed by atoms with van der Waals surface area (Å²) in [6.07, 6.45) is 2.11. The zero-order valence-electron chi connectivity index (χ0n) is 13.6. The normalized spacial score (nSPS) is 18.6. The van der Waals surface area contributed by atoms with E-state index in [1.54, 1.807) is 0 Å². The van der Waals surface area contributed by atoms with Crippen molar-refractivity contribution in [3.05, 3.63) is 29.8 Å². The molecule has 0 bridgehead atoms. The number of amides is 2. The summed E-state index contributed by atoms with van der Waals surface area (Å²) in [6.45, 7) is 7.84. The van der Waals surface area contributed by atoms with E-state index >= 15 is 0 Å². The fourth-order valence-corrected chi connectivity index (χ4v) is 2.48. The van der Waals surface area contributed by atoms with Crippen LogP contribution in [0.4, 0.5) is 10.5 Å². The highest BCUT2D eigenvalue weighted by Gasteiger charge is 2.19. The number of nitrogens with zero attached hydrogens (tertiary/aromatic N) is 1. The molecule has 0 aliphatic carbocycles. The van der Waals surface area contributed by atoms with Crippen LogP contribution in [0.2, 0.25) is 0 Å². The van der Waals surface area contributed by atoms with Crippen LogP contribution in [0.5, 0.6) is 0 Å². The van der Waals surface area contributed by atoms with Crippen molar-refractivity contribution in [3.63, 3.8) is 0 Å². The second-order valence-electron chi connectivity index (χ2n) is 5.76. The second kappa shape index (κ2) is 8.63. The van der Waals surface area contributed by atoms with Gasteiger partial charge in [-0.3, -0.25) is 0 Å². The van der Waals surface area contributed by atoms with Gasteiger partial charge in [-0.2, -0.15) is 0 Å². The maximum atomic E-state index is 12.2. The van der Waals surface area contributed by atoms with Crippen LogP contribution >= 0.6 is 0 Å². The van der Waals surface area contributed by atoms with E-state index in [4.69, 9.17) is 4.74 Å². The maximum Gasteiger partial charge on any atom is 0.317 e. The molecule has 1 heterocycles. The third kappa shape index (κ3) is 5.22. The Morgan fingerprint density at radius 2 is 2.14 bits per heavy atom. The largest absolute Gasteiger partial charge is 0.385 e. The van der Waals surface area contributed by atoms with Crippen molar-refractivity contribution < 1.29 is 9.53 Å². The van der Waals surface area contributed by atoms with Crippen molar-refractivity contribution in [1.29, 1.82) is 0 Å². The van der Waals surface area contributed by atoms with Crippen LogP contribution in [0.25, 0.3) is 0 Å². The van der Waals surface area contributed by atoms with Gasteiger partial charge in [-0.05, 0) is 37.5 Å². The molecule has 0 saturated carbocycles. The summed E-state index contributed by atoms with van der Waals surface area (Å²) in [7, 11) is 0. The van der Waals surface area contributed by atoms with Crippen molar-refractivity contribution in [1.82, 2.24) is 10.2 Å². The highest BCUT2D eigenvalue weighted by Crippen LogP contribution is 2.10. The molecule has 1 aliphatic heterocycles. The maximum absolute atomic E-state index is 12.2. The quantitative estimate of drug-likeness (QED) is 0.879. The number of hydrogen-bond acceptors (Lipinski definition) is 3. The SMILES string of the molecule is CCCNc1ccc(CNC(=O)N2CCCO[C@@H](C)C2)cc1. The summed E-state index contributed by atoms with van der Waals surface area (Å²) in [5.74, 6) is 0. The number of nitrogens with one attached hydrogen (secondary N) is 2. The molecule has 2 rings (SSSR count). The van der Waals surface area contributed by atoms with E-state index in [-0.39, 0.29) is 12.1 Å². The Morgan fingerprint density at radius 1 is 1.36 bits per heavy atom. The van der Waals surface area contributed by atoms with E-state index in [9.17, 15) is 4.79 Å². The van der Waals surface area contributed by atoms with E-state index in [0.29, 0.717) is 13.1 Å². The van der Waals surface area contributed by atoms with Gasteiger partial charge >= 0.3 is 6.03 Å². The third-order valence-corrected chi connectivity index (χ3v) is 3.72. The number of carbonyl (C=O) groups is 1. The molecule has 1 aromatic carbocycles. The molecule has 0 spiro atoms. The van der Waals surface area contributed by atoms with E-state index in [1.807, 2.05) is 24.0 Å². The van der Waals surface area contributed by atoms with Crippen LogP contribution in [-0.2, 0) is 11.3 Å². The minimum atomic E-state index is -0.00876. The monoisotopic (exact) mass is 305 g/mol. The topological polar surface area (TPSA) is 53.6 Å². The van der Waals surface area contributed by atoms with Gasteiger partial charge in [-0.1, -0.05) is 19.1 Å². The average molecular weight is 305 g/mol. The van der Waals surface area contributed by atoms with Crippen LogP contribution in [0.1, 0.15) is 32.3 Å². The Labute approximate surface area is 133 Å². The summed E-state index contributed by atoms with van der Waals surface area (Å²) >= 11 is 0. The van der Waals surface area contributed by atoms with Gasteiger partial charge in [0.05, 0.1) is 6.10 Å². The van der Waals surface area contributed by atoms with Gasteiger partial charge in [0, 0.05) is 38.5 Å². The Kier molecular flexibility index (Phi) is 6.52. The second-order valence-corrected chi connectivity index (χ2v) is 5.76. The smallest absolute Gasteiger partial charge is 0.317 e. The molecule has 22 heavy (non-hydrogen) atoms. The molecule has 122 valence electrons.